The smallest absolute Gasteiger partial charge is 0.349 e. The molecule has 0 bridgehead atoms. The van der Waals surface area contributed by atoms with E-state index in [0.29, 0.717) is 5.39 Å². The van der Waals surface area contributed by atoms with Crippen molar-refractivity contribution in [1.29, 1.82) is 0 Å². The number of hydrogen-bond donors (Lipinski definition) is 5. The molecule has 0 aliphatic heterocycles. The van der Waals surface area contributed by atoms with Gasteiger partial charge in [-0.3, -0.25) is 4.79 Å². The Kier molecular flexibility index (Phi) is 4.45. The molecule has 1 aromatic heterocycles. The molecule has 1 heterocycles. The standard InChI is InChI=1S/C14H15NO7/c16-5-14(6-17,7-18)15-12(20)9-4-8-2-1-3-10(19)11(8)22-13(9)21/h1-4,16-19H,5-7H2,(H,15,20). The maximum atomic E-state index is 12.1. The third-order valence-electron chi connectivity index (χ3n) is 3.27. The fourth-order valence-corrected chi connectivity index (χ4v) is 1.86. The summed E-state index contributed by atoms with van der Waals surface area (Å²) < 4.78 is 4.91. The molecular weight excluding hydrogens is 294 g/mol. The number of phenols is 1. The minimum atomic E-state index is -1.66. The number of nitrogens with one attached hydrogen (secondary N) is 1. The van der Waals surface area contributed by atoms with Crippen LogP contribution in [0.15, 0.2) is 33.5 Å². The van der Waals surface area contributed by atoms with E-state index in [2.05, 4.69) is 5.32 Å². The molecular formula is C14H15NO7. The minimum absolute atomic E-state index is 0.0539. The Morgan fingerprint density at radius 1 is 1.18 bits per heavy atom. The van der Waals surface area contributed by atoms with E-state index in [1.807, 2.05) is 0 Å². The Bertz CT molecular complexity index is 740. The van der Waals surface area contributed by atoms with E-state index in [1.54, 1.807) is 0 Å². The number of benzene rings is 1. The lowest BCUT2D eigenvalue weighted by Gasteiger charge is -2.28. The lowest BCUT2D eigenvalue weighted by molar-refractivity contribution is 0.0373. The van der Waals surface area contributed by atoms with Crippen LogP contribution in [0.1, 0.15) is 10.4 Å². The largest absolute Gasteiger partial charge is 0.504 e. The van der Waals surface area contributed by atoms with Crippen LogP contribution >= 0.6 is 0 Å². The van der Waals surface area contributed by atoms with Crippen molar-refractivity contribution in [2.75, 3.05) is 19.8 Å². The van der Waals surface area contributed by atoms with Crippen molar-refractivity contribution in [2.45, 2.75) is 5.54 Å². The van der Waals surface area contributed by atoms with Crippen LogP contribution < -0.4 is 10.9 Å². The van der Waals surface area contributed by atoms with Crippen molar-refractivity contribution >= 4 is 16.9 Å². The molecule has 0 aliphatic rings. The molecule has 5 N–H and O–H groups in total. The second kappa shape index (κ2) is 6.14. The van der Waals surface area contributed by atoms with Crippen molar-refractivity contribution in [1.82, 2.24) is 5.32 Å². The van der Waals surface area contributed by atoms with Crippen molar-refractivity contribution in [3.8, 4) is 5.75 Å². The van der Waals surface area contributed by atoms with E-state index in [-0.39, 0.29) is 16.9 Å². The molecule has 118 valence electrons. The number of aliphatic hydroxyl groups excluding tert-OH is 3. The van der Waals surface area contributed by atoms with Gasteiger partial charge in [0.1, 0.15) is 11.1 Å². The molecule has 0 atom stereocenters. The average molecular weight is 309 g/mol. The van der Waals surface area contributed by atoms with E-state index in [4.69, 9.17) is 4.42 Å². The number of fused-ring (bicyclic) bond motifs is 1. The summed E-state index contributed by atoms with van der Waals surface area (Å²) in [5, 5.41) is 39.7. The van der Waals surface area contributed by atoms with Gasteiger partial charge in [0.05, 0.1) is 19.8 Å². The molecule has 1 aromatic carbocycles. The Morgan fingerprint density at radius 3 is 2.41 bits per heavy atom. The van der Waals surface area contributed by atoms with E-state index in [1.165, 1.54) is 24.3 Å². The number of amides is 1. The van der Waals surface area contributed by atoms with Crippen LogP contribution in [-0.4, -0.2) is 51.7 Å². The van der Waals surface area contributed by atoms with Gasteiger partial charge in [-0.1, -0.05) is 12.1 Å². The molecule has 0 radical (unpaired) electrons. The fraction of sp³-hybridized carbons (Fsp3) is 0.286. The first-order chi connectivity index (χ1) is 10.5. The highest BCUT2D eigenvalue weighted by atomic mass is 16.4. The number of rotatable bonds is 5. The zero-order valence-electron chi connectivity index (χ0n) is 11.4. The van der Waals surface area contributed by atoms with Gasteiger partial charge in [0.15, 0.2) is 11.3 Å². The predicted octanol–water partition coefficient (Wildman–Crippen LogP) is -1.06. The Balaban J connectivity index is 2.44. The molecule has 0 unspecified atom stereocenters. The van der Waals surface area contributed by atoms with Crippen LogP contribution in [-0.2, 0) is 0 Å². The van der Waals surface area contributed by atoms with Crippen LogP contribution in [0.2, 0.25) is 0 Å². The Hall–Kier alpha value is -2.42. The first-order valence-corrected chi connectivity index (χ1v) is 6.37. The van der Waals surface area contributed by atoms with Crippen molar-refractivity contribution < 1.29 is 29.6 Å². The number of aromatic hydroxyl groups is 1. The van der Waals surface area contributed by atoms with Gasteiger partial charge in [-0.25, -0.2) is 4.79 Å². The summed E-state index contributed by atoms with van der Waals surface area (Å²) in [6.45, 7) is -2.15. The Labute approximate surface area is 124 Å². The molecule has 2 aromatic rings. The van der Waals surface area contributed by atoms with Gasteiger partial charge in [0.25, 0.3) is 5.91 Å². The molecule has 1 amide bonds. The number of hydrogen-bond acceptors (Lipinski definition) is 7. The molecule has 0 saturated heterocycles. The number of carbonyl (C=O) groups excluding carboxylic acids is 1. The molecule has 0 aliphatic carbocycles. The maximum Gasteiger partial charge on any atom is 0.349 e. The van der Waals surface area contributed by atoms with Crippen LogP contribution in [0.4, 0.5) is 0 Å². The SMILES string of the molecule is O=C(NC(CO)(CO)CO)c1cc2cccc(O)c2oc1=O. The van der Waals surface area contributed by atoms with Gasteiger partial charge in [-0.2, -0.15) is 0 Å². The predicted molar refractivity (Wildman–Crippen MR) is 75.6 cm³/mol. The molecule has 8 nitrogen and oxygen atoms in total. The van der Waals surface area contributed by atoms with Crippen LogP contribution in [0, 0.1) is 0 Å². The van der Waals surface area contributed by atoms with E-state index < -0.39 is 36.9 Å². The summed E-state index contributed by atoms with van der Waals surface area (Å²) in [4.78, 5) is 24.0. The highest BCUT2D eigenvalue weighted by Crippen LogP contribution is 2.23. The third kappa shape index (κ3) is 2.80. The van der Waals surface area contributed by atoms with E-state index in [0.717, 1.165) is 0 Å². The van der Waals surface area contributed by atoms with E-state index in [9.17, 15) is 30.0 Å². The molecule has 0 spiro atoms. The molecule has 2 rings (SSSR count). The van der Waals surface area contributed by atoms with Gasteiger partial charge < -0.3 is 30.2 Å². The normalized spacial score (nSPS) is 11.6. The Morgan fingerprint density at radius 2 is 1.82 bits per heavy atom. The summed E-state index contributed by atoms with van der Waals surface area (Å²) in [7, 11) is 0. The van der Waals surface area contributed by atoms with Gasteiger partial charge in [0.2, 0.25) is 0 Å². The van der Waals surface area contributed by atoms with Crippen LogP contribution in [0.25, 0.3) is 11.0 Å². The topological polar surface area (TPSA) is 140 Å². The van der Waals surface area contributed by atoms with Crippen LogP contribution in [0.5, 0.6) is 5.75 Å². The lowest BCUT2D eigenvalue weighted by Crippen LogP contribution is -2.57. The third-order valence-corrected chi connectivity index (χ3v) is 3.27. The summed E-state index contributed by atoms with van der Waals surface area (Å²) in [6.07, 6.45) is 0. The molecule has 8 heteroatoms. The number of para-hydroxylation sites is 1. The van der Waals surface area contributed by atoms with Gasteiger partial charge >= 0.3 is 5.63 Å². The monoisotopic (exact) mass is 309 g/mol. The summed E-state index contributed by atoms with van der Waals surface area (Å²) in [5.74, 6) is -1.16. The average Bonchev–Trinajstić information content (AvgIpc) is 2.53. The first-order valence-electron chi connectivity index (χ1n) is 6.37. The van der Waals surface area contributed by atoms with Crippen molar-refractivity contribution in [3.63, 3.8) is 0 Å². The fourth-order valence-electron chi connectivity index (χ4n) is 1.86. The highest BCUT2D eigenvalue weighted by Gasteiger charge is 2.31. The summed E-state index contributed by atoms with van der Waals surface area (Å²) in [5.41, 5.74) is -3.08. The number of carbonyl (C=O) groups is 1. The zero-order chi connectivity index (χ0) is 16.3. The van der Waals surface area contributed by atoms with Gasteiger partial charge in [-0.05, 0) is 12.1 Å². The molecule has 0 fully saturated rings. The van der Waals surface area contributed by atoms with Gasteiger partial charge in [0, 0.05) is 5.39 Å². The summed E-state index contributed by atoms with van der Waals surface area (Å²) >= 11 is 0. The van der Waals surface area contributed by atoms with E-state index >= 15 is 0 Å². The van der Waals surface area contributed by atoms with Crippen LogP contribution in [0.3, 0.4) is 0 Å². The van der Waals surface area contributed by atoms with Gasteiger partial charge in [-0.15, -0.1) is 0 Å². The highest BCUT2D eigenvalue weighted by molar-refractivity contribution is 5.97. The first kappa shape index (κ1) is 16.0. The maximum absolute atomic E-state index is 12.1. The van der Waals surface area contributed by atoms with Crippen molar-refractivity contribution in [2.24, 2.45) is 0 Å². The minimum Gasteiger partial charge on any atom is -0.504 e. The quantitative estimate of drug-likeness (QED) is 0.444. The lowest BCUT2D eigenvalue weighted by atomic mass is 10.0. The second-order valence-corrected chi connectivity index (χ2v) is 4.85. The number of phenolic OH excluding ortho intramolecular Hbond substituents is 1. The summed E-state index contributed by atoms with van der Waals surface area (Å²) in [6, 6.07) is 5.59. The number of aliphatic hydroxyl groups is 3. The van der Waals surface area contributed by atoms with Crippen molar-refractivity contribution in [3.05, 3.63) is 40.2 Å². The molecule has 22 heavy (non-hydrogen) atoms. The molecule has 0 saturated carbocycles. The second-order valence-electron chi connectivity index (χ2n) is 4.85. The zero-order valence-corrected chi connectivity index (χ0v) is 11.4.